The summed E-state index contributed by atoms with van der Waals surface area (Å²) in [4.78, 5) is 17.8. The van der Waals surface area contributed by atoms with Gasteiger partial charge in [-0.15, -0.1) is 0 Å². The number of amides is 1. The lowest BCUT2D eigenvalue weighted by molar-refractivity contribution is 0.0947. The molecule has 0 saturated carbocycles. The first-order valence-corrected chi connectivity index (χ1v) is 5.94. The molecule has 0 aliphatic heterocycles. The summed E-state index contributed by atoms with van der Waals surface area (Å²) in [6.07, 6.45) is 0.937. The third-order valence-electron chi connectivity index (χ3n) is 2.02. The summed E-state index contributed by atoms with van der Waals surface area (Å²) in [7, 11) is 4.02. The van der Waals surface area contributed by atoms with Crippen molar-refractivity contribution in [3.05, 3.63) is 28.5 Å². The van der Waals surface area contributed by atoms with Gasteiger partial charge < -0.3 is 10.2 Å². The van der Waals surface area contributed by atoms with Gasteiger partial charge in [0.15, 0.2) is 0 Å². The Kier molecular flexibility index (Phi) is 5.42. The summed E-state index contributed by atoms with van der Waals surface area (Å²) in [5, 5.41) is 2.83. The summed E-state index contributed by atoms with van der Waals surface area (Å²) < 4.78 is 0.674. The molecule has 5 heteroatoms. The molecule has 1 aromatic heterocycles. The first-order chi connectivity index (χ1) is 7.59. The molecule has 1 rings (SSSR count). The fourth-order valence-electron chi connectivity index (χ4n) is 1.22. The molecule has 1 aromatic rings. The zero-order valence-electron chi connectivity index (χ0n) is 9.53. The third kappa shape index (κ3) is 4.72. The topological polar surface area (TPSA) is 45.2 Å². The van der Waals surface area contributed by atoms with Gasteiger partial charge in [0.05, 0.1) is 0 Å². The van der Waals surface area contributed by atoms with Crippen molar-refractivity contribution in [1.29, 1.82) is 0 Å². The smallest absolute Gasteiger partial charge is 0.269 e. The van der Waals surface area contributed by atoms with Crippen molar-refractivity contribution >= 4 is 21.8 Å². The van der Waals surface area contributed by atoms with Crippen LogP contribution in [0.4, 0.5) is 0 Å². The van der Waals surface area contributed by atoms with Gasteiger partial charge in [0, 0.05) is 6.54 Å². The van der Waals surface area contributed by atoms with Crippen molar-refractivity contribution < 1.29 is 4.79 Å². The minimum atomic E-state index is -0.125. The molecule has 0 aromatic carbocycles. The van der Waals surface area contributed by atoms with Crippen LogP contribution in [0.15, 0.2) is 22.8 Å². The fraction of sp³-hybridized carbons (Fsp3) is 0.455. The second-order valence-corrected chi connectivity index (χ2v) is 4.57. The Bertz CT molecular complexity index is 355. The van der Waals surface area contributed by atoms with Crippen LogP contribution in [0.25, 0.3) is 0 Å². The van der Waals surface area contributed by atoms with Crippen LogP contribution < -0.4 is 5.32 Å². The standard InChI is InChI=1S/C11H16BrN3O/c1-15(2)8-4-7-13-11(16)9-5-3-6-10(12)14-9/h3,5-6H,4,7-8H2,1-2H3,(H,13,16). The summed E-state index contributed by atoms with van der Waals surface area (Å²) in [5.74, 6) is -0.125. The van der Waals surface area contributed by atoms with Gasteiger partial charge in [-0.1, -0.05) is 6.07 Å². The minimum Gasteiger partial charge on any atom is -0.351 e. The van der Waals surface area contributed by atoms with Gasteiger partial charge in [-0.2, -0.15) is 0 Å². The van der Waals surface area contributed by atoms with Gasteiger partial charge in [-0.25, -0.2) is 4.98 Å². The Labute approximate surface area is 104 Å². The second kappa shape index (κ2) is 6.60. The highest BCUT2D eigenvalue weighted by molar-refractivity contribution is 9.10. The molecule has 0 bridgehead atoms. The van der Waals surface area contributed by atoms with Crippen molar-refractivity contribution in [2.75, 3.05) is 27.2 Å². The van der Waals surface area contributed by atoms with Crippen LogP contribution in [0.1, 0.15) is 16.9 Å². The quantitative estimate of drug-likeness (QED) is 0.659. The van der Waals surface area contributed by atoms with Crippen molar-refractivity contribution in [3.8, 4) is 0 Å². The number of pyridine rings is 1. The molecule has 0 aliphatic rings. The highest BCUT2D eigenvalue weighted by Gasteiger charge is 2.06. The van der Waals surface area contributed by atoms with Crippen LogP contribution in [0.3, 0.4) is 0 Å². The van der Waals surface area contributed by atoms with E-state index >= 15 is 0 Å². The van der Waals surface area contributed by atoms with E-state index in [0.717, 1.165) is 13.0 Å². The van der Waals surface area contributed by atoms with Crippen molar-refractivity contribution in [2.24, 2.45) is 0 Å². The average molecular weight is 286 g/mol. The molecule has 0 fully saturated rings. The zero-order valence-corrected chi connectivity index (χ0v) is 11.1. The van der Waals surface area contributed by atoms with Gasteiger partial charge in [-0.3, -0.25) is 4.79 Å². The van der Waals surface area contributed by atoms with E-state index in [1.165, 1.54) is 0 Å². The molecular formula is C11H16BrN3O. The predicted octanol–water partition coefficient (Wildman–Crippen LogP) is 1.53. The van der Waals surface area contributed by atoms with Crippen molar-refractivity contribution in [3.63, 3.8) is 0 Å². The first kappa shape index (κ1) is 13.1. The lowest BCUT2D eigenvalue weighted by Crippen LogP contribution is -2.27. The average Bonchev–Trinajstić information content (AvgIpc) is 2.24. The minimum absolute atomic E-state index is 0.125. The van der Waals surface area contributed by atoms with E-state index in [1.54, 1.807) is 18.2 Å². The maximum Gasteiger partial charge on any atom is 0.269 e. The number of carbonyl (C=O) groups is 1. The van der Waals surface area contributed by atoms with E-state index < -0.39 is 0 Å². The highest BCUT2D eigenvalue weighted by Crippen LogP contribution is 2.05. The van der Waals surface area contributed by atoms with Crippen molar-refractivity contribution in [2.45, 2.75) is 6.42 Å². The lowest BCUT2D eigenvalue weighted by Gasteiger charge is -2.09. The molecule has 0 atom stereocenters. The third-order valence-corrected chi connectivity index (χ3v) is 2.46. The molecule has 1 N–H and O–H groups in total. The molecule has 0 radical (unpaired) electrons. The normalized spacial score (nSPS) is 10.5. The van der Waals surface area contributed by atoms with E-state index in [2.05, 4.69) is 31.1 Å². The molecule has 1 heterocycles. The second-order valence-electron chi connectivity index (χ2n) is 3.76. The highest BCUT2D eigenvalue weighted by atomic mass is 79.9. The number of aromatic nitrogens is 1. The molecule has 0 spiro atoms. The maximum absolute atomic E-state index is 11.6. The summed E-state index contributed by atoms with van der Waals surface area (Å²) in [5.41, 5.74) is 0.444. The van der Waals surface area contributed by atoms with Gasteiger partial charge >= 0.3 is 0 Å². The van der Waals surface area contributed by atoms with Crippen LogP contribution in [-0.2, 0) is 0 Å². The number of nitrogens with zero attached hydrogens (tertiary/aromatic N) is 2. The fourth-order valence-corrected chi connectivity index (χ4v) is 1.57. The number of hydrogen-bond donors (Lipinski definition) is 1. The molecule has 16 heavy (non-hydrogen) atoms. The lowest BCUT2D eigenvalue weighted by atomic mass is 10.3. The molecule has 4 nitrogen and oxygen atoms in total. The van der Waals surface area contributed by atoms with E-state index in [-0.39, 0.29) is 5.91 Å². The van der Waals surface area contributed by atoms with Crippen LogP contribution in [0, 0.1) is 0 Å². The molecule has 0 unspecified atom stereocenters. The van der Waals surface area contributed by atoms with E-state index in [4.69, 9.17) is 0 Å². The van der Waals surface area contributed by atoms with Gasteiger partial charge in [0.2, 0.25) is 0 Å². The molecule has 1 amide bonds. The van der Waals surface area contributed by atoms with E-state index in [0.29, 0.717) is 16.8 Å². The zero-order chi connectivity index (χ0) is 12.0. The molecular weight excluding hydrogens is 270 g/mol. The number of hydrogen-bond acceptors (Lipinski definition) is 3. The van der Waals surface area contributed by atoms with Crippen molar-refractivity contribution in [1.82, 2.24) is 15.2 Å². The Morgan fingerprint density at radius 2 is 2.25 bits per heavy atom. The first-order valence-electron chi connectivity index (χ1n) is 5.15. The monoisotopic (exact) mass is 285 g/mol. The molecule has 88 valence electrons. The van der Waals surface area contributed by atoms with Crippen LogP contribution in [0.5, 0.6) is 0 Å². The Morgan fingerprint density at radius 3 is 2.88 bits per heavy atom. The number of halogens is 1. The van der Waals surface area contributed by atoms with Gasteiger partial charge in [-0.05, 0) is 55.1 Å². The molecule has 0 aliphatic carbocycles. The Balaban J connectivity index is 2.35. The van der Waals surface area contributed by atoms with Crippen LogP contribution in [-0.4, -0.2) is 43.0 Å². The van der Waals surface area contributed by atoms with Gasteiger partial charge in [0.25, 0.3) is 5.91 Å². The van der Waals surface area contributed by atoms with Crippen LogP contribution in [0.2, 0.25) is 0 Å². The summed E-state index contributed by atoms with van der Waals surface area (Å²) in [6, 6.07) is 5.29. The predicted molar refractivity (Wildman–Crippen MR) is 67.4 cm³/mol. The number of carbonyl (C=O) groups excluding carboxylic acids is 1. The summed E-state index contributed by atoms with van der Waals surface area (Å²) in [6.45, 7) is 1.64. The summed E-state index contributed by atoms with van der Waals surface area (Å²) >= 11 is 3.23. The Hall–Kier alpha value is -0.940. The SMILES string of the molecule is CN(C)CCCNC(=O)c1cccc(Br)n1. The van der Waals surface area contributed by atoms with E-state index in [1.807, 2.05) is 14.1 Å². The molecule has 0 saturated heterocycles. The van der Waals surface area contributed by atoms with Crippen LogP contribution >= 0.6 is 15.9 Å². The maximum atomic E-state index is 11.6. The number of nitrogens with one attached hydrogen (secondary N) is 1. The number of rotatable bonds is 5. The van der Waals surface area contributed by atoms with E-state index in [9.17, 15) is 4.79 Å². The Morgan fingerprint density at radius 1 is 1.50 bits per heavy atom. The largest absolute Gasteiger partial charge is 0.351 e. The van der Waals surface area contributed by atoms with Gasteiger partial charge in [0.1, 0.15) is 10.3 Å².